The number of aromatic nitrogens is 3. The van der Waals surface area contributed by atoms with Crippen LogP contribution >= 0.6 is 11.5 Å². The quantitative estimate of drug-likeness (QED) is 0.730. The van der Waals surface area contributed by atoms with E-state index in [-0.39, 0.29) is 5.69 Å². The van der Waals surface area contributed by atoms with Gasteiger partial charge in [-0.15, -0.1) is 10.2 Å². The van der Waals surface area contributed by atoms with E-state index in [0.29, 0.717) is 27.9 Å². The summed E-state index contributed by atoms with van der Waals surface area (Å²) in [5.41, 5.74) is 0.152. The summed E-state index contributed by atoms with van der Waals surface area (Å²) in [5, 5.41) is 17.5. The number of aromatic hydroxyl groups is 1. The third-order valence-electron chi connectivity index (χ3n) is 2.60. The van der Waals surface area contributed by atoms with Crippen molar-refractivity contribution in [3.05, 3.63) is 35.8 Å². The Morgan fingerprint density at radius 3 is 2.81 bits per heavy atom. The Bertz CT molecular complexity index is 864. The highest BCUT2D eigenvalue weighted by Crippen LogP contribution is 2.32. The Hall–Kier alpha value is -2.55. The van der Waals surface area contributed by atoms with Gasteiger partial charge in [-0.1, -0.05) is 0 Å². The first-order chi connectivity index (χ1) is 10.0. The minimum absolute atomic E-state index is 0.320. The van der Waals surface area contributed by atoms with Gasteiger partial charge in [0.15, 0.2) is 28.0 Å². The number of hydrogen-bond donors (Lipinski definition) is 1. The lowest BCUT2D eigenvalue weighted by atomic mass is 10.3. The molecule has 0 aliphatic heterocycles. The first-order valence-electron chi connectivity index (χ1n) is 5.73. The maximum absolute atomic E-state index is 13.5. The largest absolute Gasteiger partial charge is 0.505 e. The first kappa shape index (κ1) is 13.4. The van der Waals surface area contributed by atoms with Crippen LogP contribution in [0.4, 0.5) is 19.5 Å². The maximum Gasteiger partial charge on any atom is 0.178 e. The zero-order valence-electron chi connectivity index (χ0n) is 10.6. The molecule has 0 bridgehead atoms. The van der Waals surface area contributed by atoms with E-state index in [9.17, 15) is 8.78 Å². The molecule has 0 aliphatic rings. The average Bonchev–Trinajstić information content (AvgIpc) is 2.83. The summed E-state index contributed by atoms with van der Waals surface area (Å²) in [6.07, 6.45) is 1.54. The molecule has 21 heavy (non-hydrogen) atoms. The summed E-state index contributed by atoms with van der Waals surface area (Å²) >= 11 is 1.03. The number of aryl methyl sites for hydroxylation is 1. The fourth-order valence-electron chi connectivity index (χ4n) is 1.59. The van der Waals surface area contributed by atoms with Gasteiger partial charge in [0.1, 0.15) is 11.5 Å². The van der Waals surface area contributed by atoms with Crippen molar-refractivity contribution in [3.8, 4) is 5.75 Å². The molecule has 0 amide bonds. The van der Waals surface area contributed by atoms with Crippen LogP contribution in [0.2, 0.25) is 0 Å². The molecule has 0 saturated heterocycles. The number of phenolic OH excluding ortho intramolecular Hbond substituents is 1. The van der Waals surface area contributed by atoms with Gasteiger partial charge in [0.05, 0.1) is 5.39 Å². The molecule has 0 atom stereocenters. The number of fused-ring (bicyclic) bond motifs is 1. The molecule has 3 aromatic rings. The van der Waals surface area contributed by atoms with Gasteiger partial charge in [-0.05, 0) is 18.5 Å². The summed E-state index contributed by atoms with van der Waals surface area (Å²) in [6.45, 7) is 1.73. The van der Waals surface area contributed by atoms with Gasteiger partial charge in [-0.25, -0.2) is 18.7 Å². The fourth-order valence-corrected chi connectivity index (χ4v) is 2.22. The van der Waals surface area contributed by atoms with Crippen LogP contribution in [0, 0.1) is 18.6 Å². The van der Waals surface area contributed by atoms with Gasteiger partial charge < -0.3 is 5.11 Å². The Labute approximate surface area is 121 Å². The molecule has 0 saturated carbocycles. The van der Waals surface area contributed by atoms with Gasteiger partial charge in [-0.3, -0.25) is 0 Å². The van der Waals surface area contributed by atoms with Gasteiger partial charge in [0.25, 0.3) is 0 Å². The van der Waals surface area contributed by atoms with Crippen LogP contribution in [-0.2, 0) is 0 Å². The molecular weight excluding hydrogens is 300 g/mol. The van der Waals surface area contributed by atoms with Crippen LogP contribution in [0.15, 0.2) is 28.6 Å². The van der Waals surface area contributed by atoms with Crippen LogP contribution in [0.25, 0.3) is 11.0 Å². The van der Waals surface area contributed by atoms with Crippen LogP contribution in [-0.4, -0.2) is 19.4 Å². The zero-order chi connectivity index (χ0) is 15.0. The topological polar surface area (TPSA) is 83.6 Å². The van der Waals surface area contributed by atoms with Gasteiger partial charge in [-0.2, -0.15) is 4.37 Å². The zero-order valence-corrected chi connectivity index (χ0v) is 11.4. The Morgan fingerprint density at radius 1 is 1.19 bits per heavy atom. The molecule has 1 N–H and O–H groups in total. The Balaban J connectivity index is 2.00. The number of hydrogen-bond acceptors (Lipinski definition) is 7. The number of benzene rings is 1. The normalized spacial score (nSPS) is 11.6. The minimum atomic E-state index is -0.974. The van der Waals surface area contributed by atoms with E-state index in [1.807, 2.05) is 0 Å². The fraction of sp³-hybridized carbons (Fsp3) is 0.0833. The van der Waals surface area contributed by atoms with Crippen molar-refractivity contribution in [2.45, 2.75) is 6.92 Å². The van der Waals surface area contributed by atoms with Crippen molar-refractivity contribution in [2.24, 2.45) is 10.2 Å². The van der Waals surface area contributed by atoms with E-state index < -0.39 is 17.4 Å². The molecule has 0 aliphatic carbocycles. The lowest BCUT2D eigenvalue weighted by molar-refractivity contribution is 0.427. The van der Waals surface area contributed by atoms with E-state index in [1.165, 1.54) is 0 Å². The van der Waals surface area contributed by atoms with Gasteiger partial charge >= 0.3 is 0 Å². The molecule has 0 unspecified atom stereocenters. The maximum atomic E-state index is 13.5. The second-order valence-corrected chi connectivity index (χ2v) is 4.85. The predicted octanol–water partition coefficient (Wildman–Crippen LogP) is 3.79. The van der Waals surface area contributed by atoms with E-state index in [0.717, 1.165) is 17.6 Å². The van der Waals surface area contributed by atoms with Gasteiger partial charge in [0, 0.05) is 18.3 Å². The van der Waals surface area contributed by atoms with Crippen molar-refractivity contribution in [3.63, 3.8) is 0 Å². The standard InChI is InChI=1S/C12H7F2N5OS/c1-5-15-4-6-11(16-5)19-21-12(6)18-17-9-2-8(14)10(20)3-7(9)13/h2-4,20H,1H3/b18-17+. The van der Waals surface area contributed by atoms with E-state index in [1.54, 1.807) is 13.1 Å². The molecule has 0 radical (unpaired) electrons. The SMILES string of the molecule is Cc1ncc2c(/N=N/c3cc(F)c(O)cc3F)snc2n1. The van der Waals surface area contributed by atoms with Crippen molar-refractivity contribution >= 4 is 33.3 Å². The average molecular weight is 307 g/mol. The molecule has 106 valence electrons. The molecule has 2 aromatic heterocycles. The summed E-state index contributed by atoms with van der Waals surface area (Å²) in [4.78, 5) is 8.14. The molecule has 9 heteroatoms. The summed E-state index contributed by atoms with van der Waals surface area (Å²) in [6, 6.07) is 1.40. The van der Waals surface area contributed by atoms with Gasteiger partial charge in [0.2, 0.25) is 0 Å². The number of azo groups is 1. The smallest absolute Gasteiger partial charge is 0.178 e. The number of phenols is 1. The van der Waals surface area contributed by atoms with Crippen molar-refractivity contribution in [1.29, 1.82) is 0 Å². The third-order valence-corrected chi connectivity index (χ3v) is 3.34. The number of nitrogens with zero attached hydrogens (tertiary/aromatic N) is 5. The molecule has 1 aromatic carbocycles. The molecular formula is C12H7F2N5OS. The lowest BCUT2D eigenvalue weighted by Gasteiger charge is -1.98. The molecule has 0 spiro atoms. The number of halogens is 2. The minimum Gasteiger partial charge on any atom is -0.505 e. The molecule has 6 nitrogen and oxygen atoms in total. The second-order valence-electron chi connectivity index (χ2n) is 4.10. The lowest BCUT2D eigenvalue weighted by Crippen LogP contribution is -1.85. The van der Waals surface area contributed by atoms with Crippen LogP contribution in [0.3, 0.4) is 0 Å². The third kappa shape index (κ3) is 2.55. The number of rotatable bonds is 2. The summed E-state index contributed by atoms with van der Waals surface area (Å²) < 4.78 is 30.8. The summed E-state index contributed by atoms with van der Waals surface area (Å²) in [7, 11) is 0. The van der Waals surface area contributed by atoms with Crippen LogP contribution in [0.1, 0.15) is 5.82 Å². The molecule has 2 heterocycles. The van der Waals surface area contributed by atoms with E-state index in [4.69, 9.17) is 5.11 Å². The predicted molar refractivity (Wildman–Crippen MR) is 72.1 cm³/mol. The second kappa shape index (κ2) is 5.09. The highest BCUT2D eigenvalue weighted by molar-refractivity contribution is 7.11. The highest BCUT2D eigenvalue weighted by atomic mass is 32.1. The highest BCUT2D eigenvalue weighted by Gasteiger charge is 2.10. The van der Waals surface area contributed by atoms with E-state index in [2.05, 4.69) is 24.6 Å². The molecule has 0 fully saturated rings. The molecule has 3 rings (SSSR count). The van der Waals surface area contributed by atoms with Crippen LogP contribution < -0.4 is 0 Å². The monoisotopic (exact) mass is 307 g/mol. The van der Waals surface area contributed by atoms with E-state index >= 15 is 0 Å². The Kier molecular flexibility index (Phi) is 3.26. The van der Waals surface area contributed by atoms with Crippen molar-refractivity contribution in [1.82, 2.24) is 14.3 Å². The van der Waals surface area contributed by atoms with Crippen molar-refractivity contribution < 1.29 is 13.9 Å². The first-order valence-corrected chi connectivity index (χ1v) is 6.50. The van der Waals surface area contributed by atoms with Crippen molar-refractivity contribution in [2.75, 3.05) is 0 Å². The van der Waals surface area contributed by atoms with Crippen LogP contribution in [0.5, 0.6) is 5.75 Å². The summed E-state index contributed by atoms with van der Waals surface area (Å²) in [5.74, 6) is -2.06. The Morgan fingerprint density at radius 2 is 2.00 bits per heavy atom.